The Kier molecular flexibility index (Phi) is 3.54. The molecule has 0 amide bonds. The van der Waals surface area contributed by atoms with Gasteiger partial charge in [0.05, 0.1) is 17.4 Å². The highest BCUT2D eigenvalue weighted by atomic mass is 32.1. The Bertz CT molecular complexity index is 922. The third-order valence-corrected chi connectivity index (χ3v) is 5.54. The summed E-state index contributed by atoms with van der Waals surface area (Å²) in [5.74, 6) is 0. The first kappa shape index (κ1) is 14.6. The Hall–Kier alpha value is -1.99. The third-order valence-electron chi connectivity index (χ3n) is 4.40. The topological polar surface area (TPSA) is 75.6 Å². The Labute approximate surface area is 137 Å². The second kappa shape index (κ2) is 5.58. The van der Waals surface area contributed by atoms with Crippen LogP contribution in [0.2, 0.25) is 0 Å². The molecule has 120 valence electrons. The average molecular weight is 329 g/mol. The molecule has 1 aliphatic rings. The van der Waals surface area contributed by atoms with Crippen LogP contribution >= 0.6 is 11.3 Å². The zero-order valence-corrected chi connectivity index (χ0v) is 14.0. The maximum atomic E-state index is 13.0. The molecule has 1 aliphatic heterocycles. The molecule has 6 nitrogen and oxygen atoms in total. The summed E-state index contributed by atoms with van der Waals surface area (Å²) in [6.45, 7) is 5.79. The van der Waals surface area contributed by atoms with E-state index >= 15 is 0 Å². The van der Waals surface area contributed by atoms with E-state index in [-0.39, 0.29) is 11.6 Å². The van der Waals surface area contributed by atoms with E-state index in [0.717, 1.165) is 41.1 Å². The van der Waals surface area contributed by atoms with Gasteiger partial charge in [-0.2, -0.15) is 5.10 Å². The minimum atomic E-state index is 0.0272. The summed E-state index contributed by atoms with van der Waals surface area (Å²) in [6.07, 6.45) is 3.30. The fraction of sp³-hybridized carbons (Fsp3) is 0.438. The van der Waals surface area contributed by atoms with Gasteiger partial charge in [0, 0.05) is 29.6 Å². The van der Waals surface area contributed by atoms with Crippen LogP contribution in [0.1, 0.15) is 34.8 Å². The molecule has 0 aliphatic carbocycles. The number of nitrogens with zero attached hydrogens (tertiary/aromatic N) is 3. The molecule has 0 fully saturated rings. The first-order chi connectivity index (χ1) is 11.1. The average Bonchev–Trinajstić information content (AvgIpc) is 3.11. The number of hydrogen-bond donors (Lipinski definition) is 2. The van der Waals surface area contributed by atoms with Crippen molar-refractivity contribution in [3.63, 3.8) is 0 Å². The van der Waals surface area contributed by atoms with Gasteiger partial charge in [0.1, 0.15) is 4.83 Å². The lowest BCUT2D eigenvalue weighted by Crippen LogP contribution is -2.27. The lowest BCUT2D eigenvalue weighted by Gasteiger charge is -2.15. The highest BCUT2D eigenvalue weighted by Crippen LogP contribution is 2.30. The van der Waals surface area contributed by atoms with E-state index < -0.39 is 0 Å². The second-order valence-electron chi connectivity index (χ2n) is 6.16. The number of aromatic nitrogens is 4. The summed E-state index contributed by atoms with van der Waals surface area (Å²) < 4.78 is 1.75. The lowest BCUT2D eigenvalue weighted by atomic mass is 10.1. The molecule has 7 heteroatoms. The summed E-state index contributed by atoms with van der Waals surface area (Å²) in [5, 5.41) is 11.4. The summed E-state index contributed by atoms with van der Waals surface area (Å²) in [6, 6.07) is 2.05. The van der Waals surface area contributed by atoms with Crippen molar-refractivity contribution >= 4 is 21.6 Å². The molecule has 3 aromatic rings. The monoisotopic (exact) mass is 329 g/mol. The number of nitrogens with one attached hydrogen (secondary N) is 2. The van der Waals surface area contributed by atoms with Gasteiger partial charge in [-0.25, -0.2) is 4.98 Å². The fourth-order valence-electron chi connectivity index (χ4n) is 3.22. The molecule has 4 rings (SSSR count). The zero-order chi connectivity index (χ0) is 16.0. The zero-order valence-electron chi connectivity index (χ0n) is 13.2. The smallest absolute Gasteiger partial charge is 0.262 e. The summed E-state index contributed by atoms with van der Waals surface area (Å²) in [4.78, 5) is 19.6. The summed E-state index contributed by atoms with van der Waals surface area (Å²) in [5.41, 5.74) is 3.28. The Morgan fingerprint density at radius 1 is 1.48 bits per heavy atom. The van der Waals surface area contributed by atoms with Gasteiger partial charge in [-0.05, 0) is 38.4 Å². The van der Waals surface area contributed by atoms with E-state index in [0.29, 0.717) is 6.42 Å². The van der Waals surface area contributed by atoms with Gasteiger partial charge in [-0.3, -0.25) is 14.5 Å². The Morgan fingerprint density at radius 2 is 2.35 bits per heavy atom. The van der Waals surface area contributed by atoms with E-state index in [9.17, 15) is 4.79 Å². The fourth-order valence-corrected chi connectivity index (χ4v) is 4.37. The van der Waals surface area contributed by atoms with Crippen LogP contribution < -0.4 is 10.9 Å². The van der Waals surface area contributed by atoms with Gasteiger partial charge in [-0.15, -0.1) is 11.3 Å². The molecule has 0 radical (unpaired) electrons. The number of rotatable bonds is 3. The Morgan fingerprint density at radius 3 is 3.13 bits per heavy atom. The number of H-pyrrole nitrogens is 1. The normalized spacial score (nSPS) is 15.7. The molecule has 0 saturated heterocycles. The van der Waals surface area contributed by atoms with Crippen molar-refractivity contribution in [2.75, 3.05) is 6.54 Å². The van der Waals surface area contributed by atoms with Gasteiger partial charge in [0.25, 0.3) is 5.56 Å². The van der Waals surface area contributed by atoms with E-state index in [4.69, 9.17) is 0 Å². The standard InChI is InChI=1S/C16H19N5OS/c1-9-5-11(20-19-9)6-10(2)21-8-18-15-14(16(21)22)12-3-4-17-7-13(12)23-15/h5,8,10,17H,3-4,6-7H2,1-2H3,(H,19,20)/t10-/m1/s1. The molecule has 0 saturated carbocycles. The molecule has 0 aromatic carbocycles. The maximum Gasteiger partial charge on any atom is 0.262 e. The molecule has 4 heterocycles. The SMILES string of the molecule is Cc1cc(C[C@@H](C)n2cnc3sc4c(c3c2=O)CCNC4)n[nH]1. The van der Waals surface area contributed by atoms with E-state index in [1.165, 1.54) is 10.4 Å². The van der Waals surface area contributed by atoms with Gasteiger partial charge >= 0.3 is 0 Å². The Balaban J connectivity index is 1.75. The first-order valence-electron chi connectivity index (χ1n) is 7.86. The van der Waals surface area contributed by atoms with Crippen LogP contribution in [0.25, 0.3) is 10.2 Å². The minimum absolute atomic E-state index is 0.0272. The largest absolute Gasteiger partial charge is 0.312 e. The highest BCUT2D eigenvalue weighted by molar-refractivity contribution is 7.18. The van der Waals surface area contributed by atoms with Crippen molar-refractivity contribution in [2.45, 2.75) is 39.3 Å². The maximum absolute atomic E-state index is 13.0. The molecule has 3 aromatic heterocycles. The molecule has 23 heavy (non-hydrogen) atoms. The van der Waals surface area contributed by atoms with Crippen LogP contribution in [0, 0.1) is 6.92 Å². The van der Waals surface area contributed by atoms with Gasteiger partial charge in [0.15, 0.2) is 0 Å². The van der Waals surface area contributed by atoms with Gasteiger partial charge in [-0.1, -0.05) is 0 Å². The number of fused-ring (bicyclic) bond motifs is 3. The number of thiophene rings is 1. The van der Waals surface area contributed by atoms with Crippen LogP contribution in [-0.4, -0.2) is 26.3 Å². The highest BCUT2D eigenvalue weighted by Gasteiger charge is 2.21. The van der Waals surface area contributed by atoms with E-state index in [1.807, 2.05) is 19.9 Å². The van der Waals surface area contributed by atoms with Crippen LogP contribution in [0.5, 0.6) is 0 Å². The van der Waals surface area contributed by atoms with Crippen molar-refractivity contribution in [3.05, 3.63) is 44.6 Å². The summed E-state index contributed by atoms with van der Waals surface area (Å²) in [7, 11) is 0. The van der Waals surface area contributed by atoms with E-state index in [1.54, 1.807) is 22.2 Å². The molecule has 0 bridgehead atoms. The van der Waals surface area contributed by atoms with Crippen molar-refractivity contribution in [1.29, 1.82) is 0 Å². The quantitative estimate of drug-likeness (QED) is 0.770. The van der Waals surface area contributed by atoms with Crippen molar-refractivity contribution in [1.82, 2.24) is 25.1 Å². The molecule has 1 atom stereocenters. The number of hydrogen-bond acceptors (Lipinski definition) is 5. The predicted molar refractivity (Wildman–Crippen MR) is 91.0 cm³/mol. The lowest BCUT2D eigenvalue weighted by molar-refractivity contribution is 0.517. The predicted octanol–water partition coefficient (Wildman–Crippen LogP) is 1.94. The minimum Gasteiger partial charge on any atom is -0.312 e. The summed E-state index contributed by atoms with van der Waals surface area (Å²) >= 11 is 1.64. The third kappa shape index (κ3) is 2.49. The van der Waals surface area contributed by atoms with Crippen molar-refractivity contribution < 1.29 is 0 Å². The number of aromatic amines is 1. The molecule has 0 spiro atoms. The number of aryl methyl sites for hydroxylation is 1. The van der Waals surface area contributed by atoms with Crippen LogP contribution in [-0.2, 0) is 19.4 Å². The van der Waals surface area contributed by atoms with Gasteiger partial charge in [0.2, 0.25) is 0 Å². The first-order valence-corrected chi connectivity index (χ1v) is 8.68. The van der Waals surface area contributed by atoms with Crippen molar-refractivity contribution in [3.8, 4) is 0 Å². The van der Waals surface area contributed by atoms with E-state index in [2.05, 4.69) is 20.5 Å². The van der Waals surface area contributed by atoms with Crippen LogP contribution in [0.4, 0.5) is 0 Å². The van der Waals surface area contributed by atoms with Gasteiger partial charge < -0.3 is 5.32 Å². The molecular formula is C16H19N5OS. The second-order valence-corrected chi connectivity index (χ2v) is 7.25. The molecule has 0 unspecified atom stereocenters. The van der Waals surface area contributed by atoms with Crippen LogP contribution in [0.3, 0.4) is 0 Å². The molecule has 2 N–H and O–H groups in total. The van der Waals surface area contributed by atoms with Crippen molar-refractivity contribution in [2.24, 2.45) is 0 Å². The van der Waals surface area contributed by atoms with Crippen LogP contribution in [0.15, 0.2) is 17.2 Å². The molecular weight excluding hydrogens is 310 g/mol.